The molecular formula is C21H24N2O2. The van der Waals surface area contributed by atoms with Gasteiger partial charge in [-0.05, 0) is 24.3 Å². The molecule has 0 bridgehead atoms. The molecule has 1 N–H and O–H groups in total. The van der Waals surface area contributed by atoms with Crippen molar-refractivity contribution in [2.75, 3.05) is 7.11 Å². The van der Waals surface area contributed by atoms with Gasteiger partial charge < -0.3 is 4.74 Å². The molecule has 2 aliphatic carbocycles. The molecule has 1 heterocycles. The van der Waals surface area contributed by atoms with Crippen molar-refractivity contribution in [2.24, 2.45) is 5.92 Å². The molecular weight excluding hydrogens is 312 g/mol. The standard InChI is InChI=1S/C21H24N2O2/c1-25-20(24)19-17-12-13-21(14-18(17)22-23-19,15-8-4-2-5-9-15)16-10-6-3-7-11-16/h2,4-5,8-9,12-13,16H,3,6-7,10-11,14H2,1H3,(H,22,23). The smallest absolute Gasteiger partial charge is 0.359 e. The van der Waals surface area contributed by atoms with Crippen LogP contribution in [0.25, 0.3) is 6.08 Å². The second-order valence-electron chi connectivity index (χ2n) is 7.21. The molecule has 0 saturated heterocycles. The largest absolute Gasteiger partial charge is 0.464 e. The summed E-state index contributed by atoms with van der Waals surface area (Å²) in [5, 5.41) is 7.33. The number of ether oxygens (including phenoxy) is 1. The summed E-state index contributed by atoms with van der Waals surface area (Å²) in [4.78, 5) is 11.9. The molecule has 4 nitrogen and oxygen atoms in total. The number of H-pyrrole nitrogens is 1. The molecule has 0 radical (unpaired) electrons. The minimum absolute atomic E-state index is 0.0192. The van der Waals surface area contributed by atoms with E-state index in [-0.39, 0.29) is 11.4 Å². The third kappa shape index (κ3) is 2.70. The zero-order valence-corrected chi connectivity index (χ0v) is 14.6. The van der Waals surface area contributed by atoms with Crippen molar-refractivity contribution < 1.29 is 9.53 Å². The summed E-state index contributed by atoms with van der Waals surface area (Å²) in [7, 11) is 1.40. The highest BCUT2D eigenvalue weighted by molar-refractivity contribution is 5.92. The number of fused-ring (bicyclic) bond motifs is 1. The zero-order chi connectivity index (χ0) is 17.3. The first-order chi connectivity index (χ1) is 12.2. The number of nitrogens with one attached hydrogen (secondary N) is 1. The molecule has 0 aliphatic heterocycles. The summed E-state index contributed by atoms with van der Waals surface area (Å²) in [6.07, 6.45) is 11.7. The summed E-state index contributed by atoms with van der Waals surface area (Å²) in [6, 6.07) is 10.8. The minimum atomic E-state index is -0.382. The summed E-state index contributed by atoms with van der Waals surface area (Å²) in [5.41, 5.74) is 3.65. The Morgan fingerprint density at radius 1 is 1.20 bits per heavy atom. The molecule has 1 saturated carbocycles. The van der Waals surface area contributed by atoms with Crippen LogP contribution in [0.5, 0.6) is 0 Å². The fourth-order valence-electron chi connectivity index (χ4n) is 4.62. The molecule has 1 fully saturated rings. The van der Waals surface area contributed by atoms with E-state index in [1.165, 1.54) is 44.8 Å². The van der Waals surface area contributed by atoms with Crippen LogP contribution in [0.15, 0.2) is 36.4 Å². The van der Waals surface area contributed by atoms with Gasteiger partial charge in [-0.2, -0.15) is 5.10 Å². The van der Waals surface area contributed by atoms with E-state index in [2.05, 4.69) is 52.7 Å². The number of methoxy groups -OCH3 is 1. The Hall–Kier alpha value is -2.36. The van der Waals surface area contributed by atoms with Crippen LogP contribution < -0.4 is 0 Å². The summed E-state index contributed by atoms with van der Waals surface area (Å²) < 4.78 is 4.86. The molecule has 0 spiro atoms. The summed E-state index contributed by atoms with van der Waals surface area (Å²) in [5.74, 6) is 0.241. The highest BCUT2D eigenvalue weighted by atomic mass is 16.5. The Morgan fingerprint density at radius 3 is 2.68 bits per heavy atom. The van der Waals surface area contributed by atoms with E-state index in [9.17, 15) is 4.79 Å². The van der Waals surface area contributed by atoms with Gasteiger partial charge in [0.1, 0.15) is 0 Å². The molecule has 2 aliphatic rings. The van der Waals surface area contributed by atoms with Gasteiger partial charge in [0.2, 0.25) is 0 Å². The molecule has 1 aromatic carbocycles. The molecule has 4 heteroatoms. The maximum atomic E-state index is 11.9. The second-order valence-corrected chi connectivity index (χ2v) is 7.21. The van der Waals surface area contributed by atoms with E-state index in [4.69, 9.17) is 4.74 Å². The Labute approximate surface area is 148 Å². The van der Waals surface area contributed by atoms with Crippen LogP contribution >= 0.6 is 0 Å². The van der Waals surface area contributed by atoms with Crippen LogP contribution in [-0.4, -0.2) is 23.3 Å². The lowest BCUT2D eigenvalue weighted by Crippen LogP contribution is -2.38. The van der Waals surface area contributed by atoms with Gasteiger partial charge in [0.15, 0.2) is 5.69 Å². The van der Waals surface area contributed by atoms with Crippen molar-refractivity contribution >= 4 is 12.0 Å². The van der Waals surface area contributed by atoms with Crippen molar-refractivity contribution in [3.63, 3.8) is 0 Å². The lowest BCUT2D eigenvalue weighted by atomic mass is 9.61. The predicted octanol–water partition coefficient (Wildman–Crippen LogP) is 4.28. The first-order valence-electron chi connectivity index (χ1n) is 9.15. The Kier molecular flexibility index (Phi) is 4.20. The molecule has 1 atom stereocenters. The number of aromatic nitrogens is 2. The van der Waals surface area contributed by atoms with Crippen LogP contribution in [0.3, 0.4) is 0 Å². The number of allylic oxidation sites excluding steroid dienone is 1. The van der Waals surface area contributed by atoms with E-state index in [1.54, 1.807) is 0 Å². The number of hydrogen-bond acceptors (Lipinski definition) is 3. The molecule has 0 amide bonds. The highest BCUT2D eigenvalue weighted by Crippen LogP contribution is 2.47. The fraction of sp³-hybridized carbons (Fsp3) is 0.429. The van der Waals surface area contributed by atoms with Gasteiger partial charge in [-0.15, -0.1) is 0 Å². The van der Waals surface area contributed by atoms with Gasteiger partial charge in [0.25, 0.3) is 0 Å². The predicted molar refractivity (Wildman–Crippen MR) is 97.4 cm³/mol. The van der Waals surface area contributed by atoms with Gasteiger partial charge in [0.05, 0.1) is 7.11 Å². The van der Waals surface area contributed by atoms with E-state index in [0.29, 0.717) is 11.6 Å². The Morgan fingerprint density at radius 2 is 1.96 bits per heavy atom. The number of nitrogens with zero attached hydrogens (tertiary/aromatic N) is 1. The van der Waals surface area contributed by atoms with Crippen LogP contribution in [0.4, 0.5) is 0 Å². The topological polar surface area (TPSA) is 55.0 Å². The molecule has 2 aromatic rings. The van der Waals surface area contributed by atoms with Crippen molar-refractivity contribution in [2.45, 2.75) is 43.9 Å². The Bertz CT molecular complexity index is 787. The number of carbonyl (C=O) groups excluding carboxylic acids is 1. The van der Waals surface area contributed by atoms with Crippen molar-refractivity contribution in [1.82, 2.24) is 10.2 Å². The lowest BCUT2D eigenvalue weighted by molar-refractivity contribution is 0.0593. The van der Waals surface area contributed by atoms with Crippen molar-refractivity contribution in [3.05, 3.63) is 58.9 Å². The molecule has 25 heavy (non-hydrogen) atoms. The summed E-state index contributed by atoms with van der Waals surface area (Å²) >= 11 is 0. The van der Waals surface area contributed by atoms with E-state index < -0.39 is 0 Å². The first-order valence-corrected chi connectivity index (χ1v) is 9.15. The van der Waals surface area contributed by atoms with Crippen LogP contribution in [0.2, 0.25) is 0 Å². The number of carbonyl (C=O) groups is 1. The van der Waals surface area contributed by atoms with Crippen molar-refractivity contribution in [3.8, 4) is 0 Å². The first kappa shape index (κ1) is 16.1. The SMILES string of the molecule is COC(=O)c1n[nH]c2c1C=CC(c1ccccc1)(C1CCCCC1)C2. The summed E-state index contributed by atoms with van der Waals surface area (Å²) in [6.45, 7) is 0. The van der Waals surface area contributed by atoms with Crippen LogP contribution in [0.1, 0.15) is 59.4 Å². The van der Waals surface area contributed by atoms with E-state index >= 15 is 0 Å². The zero-order valence-electron chi connectivity index (χ0n) is 14.6. The number of hydrogen-bond donors (Lipinski definition) is 1. The maximum Gasteiger partial charge on any atom is 0.359 e. The van der Waals surface area contributed by atoms with Crippen LogP contribution in [-0.2, 0) is 16.6 Å². The minimum Gasteiger partial charge on any atom is -0.464 e. The van der Waals surface area contributed by atoms with Crippen molar-refractivity contribution in [1.29, 1.82) is 0 Å². The van der Waals surface area contributed by atoms with Gasteiger partial charge in [-0.3, -0.25) is 5.10 Å². The monoisotopic (exact) mass is 336 g/mol. The molecule has 1 aromatic heterocycles. The fourth-order valence-corrected chi connectivity index (χ4v) is 4.62. The molecule has 1 unspecified atom stereocenters. The normalized spacial score (nSPS) is 23.2. The third-order valence-electron chi connectivity index (χ3n) is 5.92. The quantitative estimate of drug-likeness (QED) is 0.851. The average molecular weight is 336 g/mol. The van der Waals surface area contributed by atoms with Gasteiger partial charge in [-0.1, -0.05) is 61.7 Å². The highest BCUT2D eigenvalue weighted by Gasteiger charge is 2.42. The number of esters is 1. The Balaban J connectivity index is 1.78. The third-order valence-corrected chi connectivity index (χ3v) is 5.92. The van der Waals surface area contributed by atoms with Gasteiger partial charge in [0, 0.05) is 23.1 Å². The number of benzene rings is 1. The average Bonchev–Trinajstić information content (AvgIpc) is 3.11. The van der Waals surface area contributed by atoms with Gasteiger partial charge >= 0.3 is 5.97 Å². The maximum absolute atomic E-state index is 11.9. The lowest BCUT2D eigenvalue weighted by Gasteiger charge is -2.43. The van der Waals surface area contributed by atoms with E-state index in [1.807, 2.05) is 0 Å². The van der Waals surface area contributed by atoms with Gasteiger partial charge in [-0.25, -0.2) is 4.79 Å². The molecule has 4 rings (SSSR count). The van der Waals surface area contributed by atoms with Crippen LogP contribution in [0, 0.1) is 5.92 Å². The number of rotatable bonds is 3. The molecule has 130 valence electrons. The second kappa shape index (κ2) is 6.51. The number of aromatic amines is 1. The van der Waals surface area contributed by atoms with E-state index in [0.717, 1.165) is 17.7 Å².